The first-order valence-corrected chi connectivity index (χ1v) is 6.24. The Morgan fingerprint density at radius 3 is 2.53 bits per heavy atom. The lowest BCUT2D eigenvalue weighted by molar-refractivity contribution is 0.170. The molecular weight excluding hydrogens is 214 g/mol. The van der Waals surface area contributed by atoms with Crippen molar-refractivity contribution in [3.63, 3.8) is 0 Å². The quantitative estimate of drug-likeness (QED) is 0.825. The van der Waals surface area contributed by atoms with Crippen molar-refractivity contribution in [3.8, 4) is 0 Å². The van der Waals surface area contributed by atoms with Gasteiger partial charge in [0.05, 0.1) is 17.8 Å². The fourth-order valence-electron chi connectivity index (χ4n) is 1.71. The molecule has 0 aliphatic carbocycles. The van der Waals surface area contributed by atoms with E-state index in [0.29, 0.717) is 6.04 Å². The topological polar surface area (TPSA) is 50.1 Å². The lowest BCUT2D eigenvalue weighted by Crippen LogP contribution is -2.28. The maximum Gasteiger partial charge on any atom is 0.0543 e. The van der Waals surface area contributed by atoms with Gasteiger partial charge in [0.15, 0.2) is 0 Å². The number of nitrogens with zero attached hydrogens (tertiary/aromatic N) is 2. The van der Waals surface area contributed by atoms with Crippen molar-refractivity contribution in [1.82, 2.24) is 15.1 Å². The molecule has 0 aromatic carbocycles. The second-order valence-corrected chi connectivity index (χ2v) is 5.83. The molecule has 1 aromatic rings. The number of nitrogens with one attached hydrogen (secondary N) is 1. The lowest BCUT2D eigenvalue weighted by atomic mass is 10.1. The smallest absolute Gasteiger partial charge is 0.0543 e. The highest BCUT2D eigenvalue weighted by Gasteiger charge is 2.14. The monoisotopic (exact) mass is 239 g/mol. The summed E-state index contributed by atoms with van der Waals surface area (Å²) in [5, 5.41) is 17.0. The molecule has 2 atom stereocenters. The van der Waals surface area contributed by atoms with Crippen LogP contribution in [0.4, 0.5) is 0 Å². The third-order valence-electron chi connectivity index (χ3n) is 2.67. The number of aromatic nitrogens is 2. The van der Waals surface area contributed by atoms with E-state index < -0.39 is 0 Å². The average Bonchev–Trinajstić information content (AvgIpc) is 2.61. The summed E-state index contributed by atoms with van der Waals surface area (Å²) in [6.07, 6.45) is 4.48. The zero-order valence-corrected chi connectivity index (χ0v) is 11.6. The van der Waals surface area contributed by atoms with Crippen molar-refractivity contribution < 1.29 is 5.11 Å². The van der Waals surface area contributed by atoms with Crippen LogP contribution >= 0.6 is 0 Å². The van der Waals surface area contributed by atoms with Crippen LogP contribution in [-0.2, 0) is 12.1 Å². The summed E-state index contributed by atoms with van der Waals surface area (Å²) >= 11 is 0. The van der Waals surface area contributed by atoms with E-state index in [1.807, 2.05) is 17.8 Å². The molecule has 0 saturated carbocycles. The van der Waals surface area contributed by atoms with E-state index in [1.54, 1.807) is 0 Å². The number of hydrogen-bond donors (Lipinski definition) is 2. The molecule has 2 unspecified atom stereocenters. The van der Waals surface area contributed by atoms with Crippen LogP contribution in [0.2, 0.25) is 0 Å². The van der Waals surface area contributed by atoms with Gasteiger partial charge in [0.2, 0.25) is 0 Å². The predicted octanol–water partition coefficient (Wildman–Crippen LogP) is 1.89. The second-order valence-electron chi connectivity index (χ2n) is 5.83. The Labute approximate surface area is 104 Å². The van der Waals surface area contributed by atoms with Gasteiger partial charge < -0.3 is 10.4 Å². The molecule has 1 aromatic heterocycles. The summed E-state index contributed by atoms with van der Waals surface area (Å²) < 4.78 is 1.98. The molecule has 0 spiro atoms. The van der Waals surface area contributed by atoms with Crippen molar-refractivity contribution in [2.75, 3.05) is 0 Å². The third kappa shape index (κ3) is 4.88. The van der Waals surface area contributed by atoms with Gasteiger partial charge in [0.25, 0.3) is 0 Å². The van der Waals surface area contributed by atoms with Crippen LogP contribution in [-0.4, -0.2) is 27.0 Å². The Morgan fingerprint density at radius 1 is 1.41 bits per heavy atom. The van der Waals surface area contributed by atoms with E-state index in [2.05, 4.69) is 44.3 Å². The summed E-state index contributed by atoms with van der Waals surface area (Å²) in [7, 11) is 0. The van der Waals surface area contributed by atoms with Crippen LogP contribution in [0.1, 0.15) is 46.6 Å². The molecule has 0 aliphatic rings. The Bertz CT molecular complexity index is 339. The van der Waals surface area contributed by atoms with E-state index in [1.165, 1.54) is 5.56 Å². The van der Waals surface area contributed by atoms with Crippen LogP contribution < -0.4 is 5.32 Å². The molecule has 98 valence electrons. The minimum absolute atomic E-state index is 0.0312. The highest BCUT2D eigenvalue weighted by Crippen LogP contribution is 2.13. The summed E-state index contributed by atoms with van der Waals surface area (Å²) in [6.45, 7) is 11.1. The molecule has 1 rings (SSSR count). The highest BCUT2D eigenvalue weighted by atomic mass is 16.3. The Morgan fingerprint density at radius 2 is 2.06 bits per heavy atom. The molecule has 1 heterocycles. The zero-order chi connectivity index (χ0) is 13.1. The largest absolute Gasteiger partial charge is 0.393 e. The second kappa shape index (κ2) is 5.65. The molecule has 0 fully saturated rings. The Kier molecular flexibility index (Phi) is 4.71. The third-order valence-corrected chi connectivity index (χ3v) is 2.67. The van der Waals surface area contributed by atoms with E-state index >= 15 is 0 Å². The minimum atomic E-state index is -0.255. The van der Waals surface area contributed by atoms with Gasteiger partial charge in [-0.05, 0) is 41.0 Å². The van der Waals surface area contributed by atoms with Gasteiger partial charge in [0.1, 0.15) is 0 Å². The molecule has 0 bridgehead atoms. The minimum Gasteiger partial charge on any atom is -0.393 e. The SMILES string of the molecule is CC(O)CC(C)NCc1cnn(C(C)(C)C)c1. The molecule has 0 radical (unpaired) electrons. The van der Waals surface area contributed by atoms with Gasteiger partial charge in [-0.2, -0.15) is 5.10 Å². The van der Waals surface area contributed by atoms with Gasteiger partial charge in [0, 0.05) is 24.3 Å². The van der Waals surface area contributed by atoms with Gasteiger partial charge in [-0.25, -0.2) is 0 Å². The maximum absolute atomic E-state index is 9.27. The van der Waals surface area contributed by atoms with Gasteiger partial charge >= 0.3 is 0 Å². The van der Waals surface area contributed by atoms with Crippen molar-refractivity contribution >= 4 is 0 Å². The standard InChI is InChI=1S/C13H25N3O/c1-10(6-11(2)17)14-7-12-8-15-16(9-12)13(3,4)5/h8-11,14,17H,6-7H2,1-5H3. The predicted molar refractivity (Wildman–Crippen MR) is 69.8 cm³/mol. The molecule has 17 heavy (non-hydrogen) atoms. The van der Waals surface area contributed by atoms with Gasteiger partial charge in [-0.15, -0.1) is 0 Å². The zero-order valence-electron chi connectivity index (χ0n) is 11.6. The van der Waals surface area contributed by atoms with Crippen LogP contribution in [0.25, 0.3) is 0 Å². The Hall–Kier alpha value is -0.870. The molecular formula is C13H25N3O. The lowest BCUT2D eigenvalue weighted by Gasteiger charge is -2.19. The number of hydrogen-bond acceptors (Lipinski definition) is 3. The van der Waals surface area contributed by atoms with Gasteiger partial charge in [-0.1, -0.05) is 0 Å². The van der Waals surface area contributed by atoms with Crippen LogP contribution in [0.5, 0.6) is 0 Å². The highest BCUT2D eigenvalue weighted by molar-refractivity contribution is 5.05. The molecule has 4 nitrogen and oxygen atoms in total. The van der Waals surface area contributed by atoms with Crippen molar-refractivity contribution in [2.24, 2.45) is 0 Å². The first-order chi connectivity index (χ1) is 7.79. The molecule has 0 saturated heterocycles. The van der Waals surface area contributed by atoms with Gasteiger partial charge in [-0.3, -0.25) is 4.68 Å². The maximum atomic E-state index is 9.27. The van der Waals surface area contributed by atoms with Crippen LogP contribution in [0.3, 0.4) is 0 Å². The van der Waals surface area contributed by atoms with E-state index in [9.17, 15) is 5.11 Å². The summed E-state index contributed by atoms with van der Waals surface area (Å²) in [4.78, 5) is 0. The van der Waals surface area contributed by atoms with Crippen molar-refractivity contribution in [1.29, 1.82) is 0 Å². The van der Waals surface area contributed by atoms with Crippen LogP contribution in [0.15, 0.2) is 12.4 Å². The van der Waals surface area contributed by atoms with E-state index in [0.717, 1.165) is 13.0 Å². The van der Waals surface area contributed by atoms with Crippen LogP contribution in [0, 0.1) is 0 Å². The summed E-state index contributed by atoms with van der Waals surface area (Å²) in [5.74, 6) is 0. The summed E-state index contributed by atoms with van der Waals surface area (Å²) in [6, 6.07) is 0.313. The fraction of sp³-hybridized carbons (Fsp3) is 0.769. The summed E-state index contributed by atoms with van der Waals surface area (Å²) in [5.41, 5.74) is 1.21. The fourth-order valence-corrected chi connectivity index (χ4v) is 1.71. The first-order valence-electron chi connectivity index (χ1n) is 6.24. The van der Waals surface area contributed by atoms with Crippen molar-refractivity contribution in [3.05, 3.63) is 18.0 Å². The van der Waals surface area contributed by atoms with Crippen molar-refractivity contribution in [2.45, 2.75) is 65.3 Å². The number of rotatable bonds is 5. The molecule has 4 heteroatoms. The molecule has 0 amide bonds. The van der Waals surface area contributed by atoms with E-state index in [4.69, 9.17) is 0 Å². The average molecular weight is 239 g/mol. The molecule has 0 aliphatic heterocycles. The van der Waals surface area contributed by atoms with E-state index in [-0.39, 0.29) is 11.6 Å². The molecule has 2 N–H and O–H groups in total. The Balaban J connectivity index is 2.45. The number of aliphatic hydroxyl groups excluding tert-OH is 1. The normalized spacial score (nSPS) is 15.9. The number of aliphatic hydroxyl groups is 1. The first kappa shape index (κ1) is 14.2.